The largest absolute Gasteiger partial charge is 0.497 e. The summed E-state index contributed by atoms with van der Waals surface area (Å²) in [6.45, 7) is 9.13. The van der Waals surface area contributed by atoms with Crippen LogP contribution in [0, 0.1) is 0 Å². The lowest BCUT2D eigenvalue weighted by Gasteiger charge is -2.33. The van der Waals surface area contributed by atoms with Crippen LogP contribution in [-0.2, 0) is 9.53 Å². The van der Waals surface area contributed by atoms with Gasteiger partial charge in [-0.25, -0.2) is 0 Å². The zero-order chi connectivity index (χ0) is 19.4. The van der Waals surface area contributed by atoms with E-state index in [9.17, 15) is 4.79 Å². The smallest absolute Gasteiger partial charge is 0.221 e. The van der Waals surface area contributed by atoms with Crippen LogP contribution in [0.5, 0.6) is 5.75 Å². The van der Waals surface area contributed by atoms with Crippen molar-refractivity contribution in [3.8, 4) is 5.75 Å². The summed E-state index contributed by atoms with van der Waals surface area (Å²) in [7, 11) is 1.68. The molecule has 5 heteroatoms. The van der Waals surface area contributed by atoms with Crippen LogP contribution >= 0.6 is 0 Å². The Morgan fingerprint density at radius 3 is 2.70 bits per heavy atom. The lowest BCUT2D eigenvalue weighted by molar-refractivity contribution is -0.123. The topological polar surface area (TPSA) is 50.8 Å². The third-order valence-electron chi connectivity index (χ3n) is 4.76. The molecule has 2 aromatic rings. The molecule has 0 saturated carbocycles. The molecule has 1 aliphatic rings. The summed E-state index contributed by atoms with van der Waals surface area (Å²) in [6.07, 6.45) is 0.553. The number of benzene rings is 2. The van der Waals surface area contributed by atoms with Crippen LogP contribution < -0.4 is 10.1 Å². The third kappa shape index (κ3) is 5.44. The van der Waals surface area contributed by atoms with Crippen LogP contribution in [0.15, 0.2) is 36.4 Å². The van der Waals surface area contributed by atoms with Crippen LogP contribution in [0.2, 0.25) is 0 Å². The van der Waals surface area contributed by atoms with E-state index in [1.807, 2.05) is 32.9 Å². The highest BCUT2D eigenvalue weighted by atomic mass is 16.5. The van der Waals surface area contributed by atoms with Crippen LogP contribution in [0.25, 0.3) is 10.8 Å². The number of hydrogen-bond acceptors (Lipinski definition) is 4. The summed E-state index contributed by atoms with van der Waals surface area (Å²) in [5.74, 6) is 0.967. The molecule has 1 saturated heterocycles. The summed E-state index contributed by atoms with van der Waals surface area (Å²) in [4.78, 5) is 14.4. The van der Waals surface area contributed by atoms with E-state index in [0.29, 0.717) is 13.0 Å². The molecular formula is C22H30N2O3. The van der Waals surface area contributed by atoms with E-state index in [2.05, 4.69) is 34.5 Å². The number of methoxy groups -OCH3 is 1. The molecule has 0 aromatic heterocycles. The van der Waals surface area contributed by atoms with Crippen molar-refractivity contribution in [2.24, 2.45) is 0 Å². The minimum Gasteiger partial charge on any atom is -0.497 e. The van der Waals surface area contributed by atoms with Crippen molar-refractivity contribution in [1.82, 2.24) is 10.2 Å². The maximum Gasteiger partial charge on any atom is 0.221 e. The van der Waals surface area contributed by atoms with Gasteiger partial charge >= 0.3 is 0 Å². The highest BCUT2D eigenvalue weighted by molar-refractivity contribution is 5.84. The van der Waals surface area contributed by atoms with Gasteiger partial charge in [0, 0.05) is 31.6 Å². The van der Waals surface area contributed by atoms with Crippen LogP contribution in [-0.4, -0.2) is 49.7 Å². The average Bonchev–Trinajstić information content (AvgIpc) is 2.64. The lowest BCUT2D eigenvalue weighted by Crippen LogP contribution is -2.44. The summed E-state index contributed by atoms with van der Waals surface area (Å²) < 4.78 is 11.3. The normalized spacial score (nSPS) is 18.4. The first-order valence-corrected chi connectivity index (χ1v) is 9.57. The maximum atomic E-state index is 12.1. The van der Waals surface area contributed by atoms with Crippen molar-refractivity contribution < 1.29 is 14.3 Å². The summed E-state index contributed by atoms with van der Waals surface area (Å²) in [5, 5.41) is 5.36. The predicted octanol–water partition coefficient (Wildman–Crippen LogP) is 3.53. The minimum absolute atomic E-state index is 0.0379. The van der Waals surface area contributed by atoms with Crippen molar-refractivity contribution >= 4 is 16.7 Å². The SMILES string of the molecule is COc1ccc2cc([C@@H]3CN(CCC(=O)NC(C)(C)C)CCO3)ccc2c1. The number of morpholine rings is 1. The molecule has 0 bridgehead atoms. The van der Waals surface area contributed by atoms with Crippen molar-refractivity contribution in [3.63, 3.8) is 0 Å². The predicted molar refractivity (Wildman–Crippen MR) is 108 cm³/mol. The molecule has 0 spiro atoms. The molecule has 0 aliphatic carbocycles. The Kier molecular flexibility index (Phi) is 6.02. The molecule has 146 valence electrons. The first-order valence-electron chi connectivity index (χ1n) is 9.57. The Bertz CT molecular complexity index is 798. The van der Waals surface area contributed by atoms with Gasteiger partial charge in [-0.15, -0.1) is 0 Å². The molecule has 1 heterocycles. The zero-order valence-electron chi connectivity index (χ0n) is 16.7. The van der Waals surface area contributed by atoms with Gasteiger partial charge in [0.1, 0.15) is 5.75 Å². The highest BCUT2D eigenvalue weighted by Gasteiger charge is 2.23. The van der Waals surface area contributed by atoms with Gasteiger partial charge in [-0.1, -0.05) is 18.2 Å². The monoisotopic (exact) mass is 370 g/mol. The van der Waals surface area contributed by atoms with E-state index in [1.165, 1.54) is 10.9 Å². The second kappa shape index (κ2) is 8.28. The Balaban J connectivity index is 1.62. The summed E-state index contributed by atoms with van der Waals surface area (Å²) >= 11 is 0. The fourth-order valence-corrected chi connectivity index (χ4v) is 3.42. The van der Waals surface area contributed by atoms with Crippen LogP contribution in [0.3, 0.4) is 0 Å². The maximum absolute atomic E-state index is 12.1. The lowest BCUT2D eigenvalue weighted by atomic mass is 10.0. The first kappa shape index (κ1) is 19.6. The van der Waals surface area contributed by atoms with Crippen LogP contribution in [0.1, 0.15) is 38.9 Å². The molecule has 27 heavy (non-hydrogen) atoms. The van der Waals surface area contributed by atoms with Gasteiger partial charge in [-0.05, 0) is 55.3 Å². The fourth-order valence-electron chi connectivity index (χ4n) is 3.42. The minimum atomic E-state index is -0.182. The Morgan fingerprint density at radius 2 is 1.96 bits per heavy atom. The van der Waals surface area contributed by atoms with Gasteiger partial charge in [-0.2, -0.15) is 0 Å². The summed E-state index contributed by atoms with van der Waals surface area (Å²) in [5.41, 5.74) is 0.995. The molecular weight excluding hydrogens is 340 g/mol. The quantitative estimate of drug-likeness (QED) is 0.875. The second-order valence-corrected chi connectivity index (χ2v) is 8.18. The Morgan fingerprint density at radius 1 is 1.22 bits per heavy atom. The van der Waals surface area contributed by atoms with Gasteiger partial charge in [0.05, 0.1) is 19.8 Å². The molecule has 0 radical (unpaired) electrons. The van der Waals surface area contributed by atoms with Crippen LogP contribution in [0.4, 0.5) is 0 Å². The molecule has 1 amide bonds. The number of amides is 1. The standard InChI is InChI=1S/C22H30N2O3/c1-22(2,3)23-21(25)9-10-24-11-12-27-20(15-24)18-6-5-17-14-19(26-4)8-7-16(17)13-18/h5-8,13-14,20H,9-12,15H2,1-4H3,(H,23,25)/t20-/m0/s1. The number of carbonyl (C=O) groups is 1. The molecule has 1 fully saturated rings. The van der Waals surface area contributed by atoms with Gasteiger partial charge in [0.2, 0.25) is 5.91 Å². The average molecular weight is 370 g/mol. The van der Waals surface area contributed by atoms with Crippen molar-refractivity contribution in [2.75, 3.05) is 33.4 Å². The van der Waals surface area contributed by atoms with E-state index in [0.717, 1.165) is 30.8 Å². The van der Waals surface area contributed by atoms with E-state index in [-0.39, 0.29) is 17.6 Å². The first-order chi connectivity index (χ1) is 12.8. The van der Waals surface area contributed by atoms with E-state index in [1.54, 1.807) is 7.11 Å². The Hall–Kier alpha value is -2.11. The number of carbonyl (C=O) groups excluding carboxylic acids is 1. The number of rotatable bonds is 5. The number of ether oxygens (including phenoxy) is 2. The van der Waals surface area contributed by atoms with Gasteiger partial charge in [0.25, 0.3) is 0 Å². The van der Waals surface area contributed by atoms with Crippen molar-refractivity contribution in [1.29, 1.82) is 0 Å². The molecule has 1 atom stereocenters. The number of nitrogens with zero attached hydrogens (tertiary/aromatic N) is 1. The number of hydrogen-bond donors (Lipinski definition) is 1. The van der Waals surface area contributed by atoms with Gasteiger partial charge in [-0.3, -0.25) is 9.69 Å². The molecule has 3 rings (SSSR count). The van der Waals surface area contributed by atoms with Crippen molar-refractivity contribution in [2.45, 2.75) is 38.8 Å². The molecule has 1 aliphatic heterocycles. The van der Waals surface area contributed by atoms with Gasteiger partial charge < -0.3 is 14.8 Å². The third-order valence-corrected chi connectivity index (χ3v) is 4.76. The zero-order valence-corrected chi connectivity index (χ0v) is 16.7. The second-order valence-electron chi connectivity index (χ2n) is 8.18. The Labute approximate surface area is 161 Å². The van der Waals surface area contributed by atoms with E-state index >= 15 is 0 Å². The fraction of sp³-hybridized carbons (Fsp3) is 0.500. The van der Waals surface area contributed by atoms with Gasteiger partial charge in [0.15, 0.2) is 0 Å². The number of fused-ring (bicyclic) bond motifs is 1. The number of nitrogens with one attached hydrogen (secondary N) is 1. The van der Waals surface area contributed by atoms with Crippen molar-refractivity contribution in [3.05, 3.63) is 42.0 Å². The summed E-state index contributed by atoms with van der Waals surface area (Å²) in [6, 6.07) is 12.5. The van der Waals surface area contributed by atoms with E-state index in [4.69, 9.17) is 9.47 Å². The molecule has 2 aromatic carbocycles. The molecule has 5 nitrogen and oxygen atoms in total. The van der Waals surface area contributed by atoms with E-state index < -0.39 is 0 Å². The highest BCUT2D eigenvalue weighted by Crippen LogP contribution is 2.27. The molecule has 1 N–H and O–H groups in total. The molecule has 0 unspecified atom stereocenters.